The van der Waals surface area contributed by atoms with Crippen molar-refractivity contribution in [1.82, 2.24) is 19.6 Å². The van der Waals surface area contributed by atoms with Crippen LogP contribution in [-0.4, -0.2) is 25.4 Å². The summed E-state index contributed by atoms with van der Waals surface area (Å²) >= 11 is 0. The van der Waals surface area contributed by atoms with Crippen molar-refractivity contribution in [2.24, 2.45) is 0 Å². The molecule has 5 heteroatoms. The molecule has 94 valence electrons. The van der Waals surface area contributed by atoms with Gasteiger partial charge in [0.2, 0.25) is 0 Å². The van der Waals surface area contributed by atoms with Crippen molar-refractivity contribution in [1.29, 1.82) is 0 Å². The molecule has 0 N–H and O–H groups in total. The maximum Gasteiger partial charge on any atom is 0.185 e. The van der Waals surface area contributed by atoms with Crippen molar-refractivity contribution in [3.05, 3.63) is 59.8 Å². The third-order valence-corrected chi connectivity index (χ3v) is 2.87. The normalized spacial score (nSPS) is 10.8. The molecule has 0 bridgehead atoms. The van der Waals surface area contributed by atoms with E-state index in [1.165, 1.54) is 6.33 Å². The monoisotopic (exact) mass is 252 g/mol. The number of aromatic nitrogens is 4. The molecule has 3 rings (SSSR count). The molecular formula is C14H12N4O. The lowest BCUT2D eigenvalue weighted by molar-refractivity contribution is 0.0988. The average Bonchev–Trinajstić information content (AvgIpc) is 2.86. The summed E-state index contributed by atoms with van der Waals surface area (Å²) < 4.78 is 1.66. The van der Waals surface area contributed by atoms with Gasteiger partial charge in [-0.3, -0.25) is 9.78 Å². The van der Waals surface area contributed by atoms with Gasteiger partial charge in [0, 0.05) is 18.3 Å². The van der Waals surface area contributed by atoms with Crippen LogP contribution in [0, 0.1) is 6.92 Å². The fourth-order valence-corrected chi connectivity index (χ4v) is 1.94. The van der Waals surface area contributed by atoms with E-state index < -0.39 is 0 Å². The van der Waals surface area contributed by atoms with Crippen LogP contribution in [0.25, 0.3) is 5.65 Å². The van der Waals surface area contributed by atoms with Gasteiger partial charge >= 0.3 is 0 Å². The van der Waals surface area contributed by atoms with Crippen LogP contribution in [0.5, 0.6) is 0 Å². The largest absolute Gasteiger partial charge is 0.292 e. The molecule has 0 unspecified atom stereocenters. The predicted molar refractivity (Wildman–Crippen MR) is 70.0 cm³/mol. The first kappa shape index (κ1) is 11.5. The van der Waals surface area contributed by atoms with Crippen molar-refractivity contribution in [2.75, 3.05) is 0 Å². The molecule has 3 aromatic heterocycles. The van der Waals surface area contributed by atoms with Gasteiger partial charge in [0.25, 0.3) is 0 Å². The van der Waals surface area contributed by atoms with Crippen LogP contribution in [0.1, 0.15) is 21.7 Å². The summed E-state index contributed by atoms with van der Waals surface area (Å²) in [6, 6.07) is 9.19. The summed E-state index contributed by atoms with van der Waals surface area (Å²) in [4.78, 5) is 20.4. The van der Waals surface area contributed by atoms with E-state index in [-0.39, 0.29) is 5.78 Å². The Kier molecular flexibility index (Phi) is 2.79. The second kappa shape index (κ2) is 4.61. The minimum atomic E-state index is 0.00293. The van der Waals surface area contributed by atoms with Crippen molar-refractivity contribution >= 4 is 11.4 Å². The minimum Gasteiger partial charge on any atom is -0.292 e. The van der Waals surface area contributed by atoms with Crippen molar-refractivity contribution in [3.8, 4) is 0 Å². The zero-order valence-electron chi connectivity index (χ0n) is 10.4. The Hall–Kier alpha value is -2.56. The van der Waals surface area contributed by atoms with Gasteiger partial charge in [0.05, 0.1) is 0 Å². The van der Waals surface area contributed by atoms with Gasteiger partial charge < -0.3 is 0 Å². The van der Waals surface area contributed by atoms with Crippen molar-refractivity contribution in [3.63, 3.8) is 0 Å². The van der Waals surface area contributed by atoms with Crippen molar-refractivity contribution < 1.29 is 4.79 Å². The molecule has 0 radical (unpaired) electrons. The van der Waals surface area contributed by atoms with Gasteiger partial charge in [-0.15, -0.1) is 0 Å². The van der Waals surface area contributed by atoms with Crippen LogP contribution in [0.4, 0.5) is 0 Å². The standard InChI is InChI=1S/C14H12N4O/c1-10-3-2-4-12(17-10)13(19)7-11-5-6-14-15-9-16-18(14)8-11/h2-6,8-9H,7H2,1H3. The lowest BCUT2D eigenvalue weighted by atomic mass is 10.1. The number of Topliss-reactive ketones (excluding diaryl/α,β-unsaturated/α-hetero) is 1. The van der Waals surface area contributed by atoms with Crippen LogP contribution < -0.4 is 0 Å². The van der Waals surface area contributed by atoms with E-state index in [2.05, 4.69) is 15.1 Å². The highest BCUT2D eigenvalue weighted by Gasteiger charge is 2.09. The lowest BCUT2D eigenvalue weighted by Crippen LogP contribution is -2.07. The molecule has 0 aromatic carbocycles. The molecule has 3 aromatic rings. The zero-order chi connectivity index (χ0) is 13.2. The SMILES string of the molecule is Cc1cccc(C(=O)Cc2ccc3ncnn3c2)n1. The van der Waals surface area contributed by atoms with Crippen LogP contribution in [0.15, 0.2) is 42.9 Å². The summed E-state index contributed by atoms with van der Waals surface area (Å²) in [5.74, 6) is 0.00293. The molecule has 0 atom stereocenters. The van der Waals surface area contributed by atoms with E-state index in [4.69, 9.17) is 0 Å². The fraction of sp³-hybridized carbons (Fsp3) is 0.143. The molecule has 0 aliphatic carbocycles. The smallest absolute Gasteiger partial charge is 0.185 e. The van der Waals surface area contributed by atoms with E-state index in [9.17, 15) is 4.79 Å². The van der Waals surface area contributed by atoms with Gasteiger partial charge in [-0.05, 0) is 30.7 Å². The third-order valence-electron chi connectivity index (χ3n) is 2.87. The maximum atomic E-state index is 12.1. The summed E-state index contributed by atoms with van der Waals surface area (Å²) in [6.45, 7) is 1.87. The minimum absolute atomic E-state index is 0.00293. The highest BCUT2D eigenvalue weighted by molar-refractivity contribution is 5.95. The number of aryl methyl sites for hydroxylation is 1. The Labute approximate surface area is 109 Å². The van der Waals surface area contributed by atoms with Crippen LogP contribution >= 0.6 is 0 Å². The first-order valence-electron chi connectivity index (χ1n) is 5.97. The number of carbonyl (C=O) groups excluding carboxylic acids is 1. The number of carbonyl (C=O) groups is 1. The first-order valence-corrected chi connectivity index (χ1v) is 5.97. The molecule has 0 aliphatic rings. The molecule has 0 amide bonds. The number of hydrogen-bond donors (Lipinski definition) is 0. The van der Waals surface area contributed by atoms with Gasteiger partial charge in [-0.25, -0.2) is 9.50 Å². The molecular weight excluding hydrogens is 240 g/mol. The molecule has 5 nitrogen and oxygen atoms in total. The average molecular weight is 252 g/mol. The molecule has 0 fully saturated rings. The molecule has 3 heterocycles. The highest BCUT2D eigenvalue weighted by Crippen LogP contribution is 2.08. The number of ketones is 1. The molecule has 0 aliphatic heterocycles. The fourth-order valence-electron chi connectivity index (χ4n) is 1.94. The second-order valence-electron chi connectivity index (χ2n) is 4.36. The number of pyridine rings is 2. The van der Waals surface area contributed by atoms with E-state index in [1.54, 1.807) is 10.6 Å². The van der Waals surface area contributed by atoms with Gasteiger partial charge in [0.15, 0.2) is 11.4 Å². The van der Waals surface area contributed by atoms with Gasteiger partial charge in [-0.2, -0.15) is 5.10 Å². The summed E-state index contributed by atoms with van der Waals surface area (Å²) in [5, 5.41) is 4.05. The van der Waals surface area contributed by atoms with Gasteiger partial charge in [0.1, 0.15) is 12.0 Å². The summed E-state index contributed by atoms with van der Waals surface area (Å²) in [6.07, 6.45) is 3.62. The third kappa shape index (κ3) is 2.35. The maximum absolute atomic E-state index is 12.1. The lowest BCUT2D eigenvalue weighted by Gasteiger charge is -2.02. The van der Waals surface area contributed by atoms with E-state index in [0.29, 0.717) is 12.1 Å². The molecule has 0 saturated carbocycles. The highest BCUT2D eigenvalue weighted by atomic mass is 16.1. The first-order chi connectivity index (χ1) is 9.22. The number of nitrogens with zero attached hydrogens (tertiary/aromatic N) is 4. The Balaban J connectivity index is 1.86. The molecule has 0 saturated heterocycles. The van der Waals surface area contributed by atoms with Crippen molar-refractivity contribution in [2.45, 2.75) is 13.3 Å². The Morgan fingerprint density at radius 3 is 3.00 bits per heavy atom. The summed E-state index contributed by atoms with van der Waals surface area (Å²) in [7, 11) is 0. The van der Waals surface area contributed by atoms with Gasteiger partial charge in [-0.1, -0.05) is 12.1 Å². The number of fused-ring (bicyclic) bond motifs is 1. The van der Waals surface area contributed by atoms with E-state index in [1.807, 2.05) is 37.4 Å². The number of rotatable bonds is 3. The summed E-state index contributed by atoms with van der Waals surface area (Å²) in [5.41, 5.74) is 3.01. The zero-order valence-corrected chi connectivity index (χ0v) is 10.4. The number of hydrogen-bond acceptors (Lipinski definition) is 4. The molecule has 0 spiro atoms. The Bertz CT molecular complexity index is 748. The molecule has 19 heavy (non-hydrogen) atoms. The van der Waals surface area contributed by atoms with Crippen LogP contribution in [-0.2, 0) is 6.42 Å². The topological polar surface area (TPSA) is 60.2 Å². The quantitative estimate of drug-likeness (QED) is 0.667. The Morgan fingerprint density at radius 2 is 2.16 bits per heavy atom. The van der Waals surface area contributed by atoms with E-state index in [0.717, 1.165) is 16.9 Å². The van der Waals surface area contributed by atoms with Crippen LogP contribution in [0.3, 0.4) is 0 Å². The predicted octanol–water partition coefficient (Wildman–Crippen LogP) is 1.86. The Morgan fingerprint density at radius 1 is 1.26 bits per heavy atom. The van der Waals surface area contributed by atoms with Crippen LogP contribution in [0.2, 0.25) is 0 Å². The second-order valence-corrected chi connectivity index (χ2v) is 4.36. The van der Waals surface area contributed by atoms with E-state index >= 15 is 0 Å².